The van der Waals surface area contributed by atoms with E-state index in [1.807, 2.05) is 0 Å². The molecule has 0 saturated heterocycles. The second-order valence-electron chi connectivity index (χ2n) is 5.71. The summed E-state index contributed by atoms with van der Waals surface area (Å²) in [5, 5.41) is 2.60. The van der Waals surface area contributed by atoms with Crippen LogP contribution in [-0.4, -0.2) is 17.2 Å². The number of hydrogen-bond donors (Lipinski definition) is 1. The van der Waals surface area contributed by atoms with Crippen molar-refractivity contribution in [1.82, 2.24) is 5.32 Å². The largest absolute Gasteiger partial charge is 0.352 e. The van der Waals surface area contributed by atoms with E-state index in [4.69, 9.17) is 0 Å². The van der Waals surface area contributed by atoms with Gasteiger partial charge in [0.2, 0.25) is 5.91 Å². The molecule has 2 nitrogen and oxygen atoms in total. The van der Waals surface area contributed by atoms with Gasteiger partial charge in [-0.05, 0) is 43.9 Å². The fraction of sp³-hybridized carbons (Fsp3) is 0.562. The van der Waals surface area contributed by atoms with Crippen molar-refractivity contribution in [3.05, 3.63) is 29.8 Å². The number of nitrogens with one attached hydrogen (secondary N) is 1. The molecular weight excluding hydrogens is 292 g/mol. The Bertz CT molecular complexity index is 509. The zero-order chi connectivity index (χ0) is 15.4. The fourth-order valence-corrected chi connectivity index (χ4v) is 3.56. The molecule has 1 aromatic rings. The number of thioether (sulfide) groups is 1. The number of amides is 1. The summed E-state index contributed by atoms with van der Waals surface area (Å²) in [4.78, 5) is 12.4. The molecule has 0 heterocycles. The molecule has 1 N–H and O–H groups in total. The maximum absolute atomic E-state index is 13.6. The molecule has 0 aromatic heterocycles. The van der Waals surface area contributed by atoms with Crippen LogP contribution in [0.2, 0.25) is 0 Å². The first kappa shape index (κ1) is 16.3. The molecule has 1 fully saturated rings. The highest BCUT2D eigenvalue weighted by Gasteiger charge is 2.25. The molecule has 0 unspecified atom stereocenters. The van der Waals surface area contributed by atoms with Crippen LogP contribution >= 0.6 is 11.8 Å². The Kier molecular flexibility index (Phi) is 5.62. The van der Waals surface area contributed by atoms with Crippen molar-refractivity contribution >= 4 is 17.7 Å². The van der Waals surface area contributed by atoms with Gasteiger partial charge in [-0.25, -0.2) is 8.78 Å². The molecule has 3 atom stereocenters. The van der Waals surface area contributed by atoms with E-state index in [1.165, 1.54) is 6.42 Å². The lowest BCUT2D eigenvalue weighted by atomic mass is 9.86. The lowest BCUT2D eigenvalue weighted by molar-refractivity contribution is -0.121. The van der Waals surface area contributed by atoms with Crippen LogP contribution in [0.3, 0.4) is 0 Å². The second-order valence-corrected chi connectivity index (χ2v) is 7.09. The highest BCUT2D eigenvalue weighted by Crippen LogP contribution is 2.28. The van der Waals surface area contributed by atoms with Gasteiger partial charge in [0, 0.05) is 10.9 Å². The third kappa shape index (κ3) is 4.43. The Morgan fingerprint density at radius 3 is 2.76 bits per heavy atom. The van der Waals surface area contributed by atoms with Gasteiger partial charge in [0.05, 0.1) is 5.25 Å². The molecule has 1 saturated carbocycles. The minimum atomic E-state index is -0.493. The number of benzene rings is 1. The first-order valence-corrected chi connectivity index (χ1v) is 8.27. The standard InChI is InChI=1S/C16H21F2NOS/c1-10-5-3-4-6-14(10)19-16(20)11(2)21-15-9-12(17)7-8-13(15)18/h7-11,14H,3-6H2,1-2H3,(H,19,20)/t10-,11+,14+/m0/s1. The van der Waals surface area contributed by atoms with Crippen LogP contribution in [0.4, 0.5) is 8.78 Å². The van der Waals surface area contributed by atoms with E-state index in [-0.39, 0.29) is 16.8 Å². The van der Waals surface area contributed by atoms with E-state index >= 15 is 0 Å². The molecule has 116 valence electrons. The van der Waals surface area contributed by atoms with Crippen LogP contribution in [0.15, 0.2) is 23.1 Å². The molecule has 0 radical (unpaired) electrons. The van der Waals surface area contributed by atoms with E-state index in [9.17, 15) is 13.6 Å². The molecule has 1 aromatic carbocycles. The predicted molar refractivity (Wildman–Crippen MR) is 81.2 cm³/mol. The third-order valence-electron chi connectivity index (χ3n) is 4.01. The van der Waals surface area contributed by atoms with Crippen molar-refractivity contribution < 1.29 is 13.6 Å². The lowest BCUT2D eigenvalue weighted by Crippen LogP contribution is -2.44. The van der Waals surface area contributed by atoms with Crippen LogP contribution in [0.1, 0.15) is 39.5 Å². The normalized spacial score (nSPS) is 23.6. The van der Waals surface area contributed by atoms with Crippen molar-refractivity contribution in [2.45, 2.75) is 55.7 Å². The van der Waals surface area contributed by atoms with Gasteiger partial charge >= 0.3 is 0 Å². The van der Waals surface area contributed by atoms with Crippen molar-refractivity contribution in [3.8, 4) is 0 Å². The summed E-state index contributed by atoms with van der Waals surface area (Å²) in [6.45, 7) is 3.87. The summed E-state index contributed by atoms with van der Waals surface area (Å²) in [6, 6.07) is 3.50. The number of carbonyl (C=O) groups excluding carboxylic acids is 1. The van der Waals surface area contributed by atoms with Gasteiger partial charge in [0.1, 0.15) is 11.6 Å². The van der Waals surface area contributed by atoms with Crippen molar-refractivity contribution in [2.75, 3.05) is 0 Å². The average Bonchev–Trinajstić information content (AvgIpc) is 2.45. The quantitative estimate of drug-likeness (QED) is 0.846. The van der Waals surface area contributed by atoms with E-state index in [2.05, 4.69) is 12.2 Å². The highest BCUT2D eigenvalue weighted by atomic mass is 32.2. The number of carbonyl (C=O) groups is 1. The molecule has 0 bridgehead atoms. The monoisotopic (exact) mass is 313 g/mol. The Hall–Kier alpha value is -1.10. The zero-order valence-electron chi connectivity index (χ0n) is 12.4. The van der Waals surface area contributed by atoms with Gasteiger partial charge in [-0.1, -0.05) is 19.8 Å². The number of halogens is 2. The Labute approximate surface area is 128 Å². The summed E-state index contributed by atoms with van der Waals surface area (Å²) in [5.41, 5.74) is 0. The molecule has 1 aliphatic rings. The minimum absolute atomic E-state index is 0.109. The first-order valence-electron chi connectivity index (χ1n) is 7.39. The van der Waals surface area contributed by atoms with E-state index in [1.54, 1.807) is 6.92 Å². The van der Waals surface area contributed by atoms with Crippen molar-refractivity contribution in [2.24, 2.45) is 5.92 Å². The molecule has 5 heteroatoms. The summed E-state index contributed by atoms with van der Waals surface area (Å²) >= 11 is 1.06. The van der Waals surface area contributed by atoms with Crippen molar-refractivity contribution in [1.29, 1.82) is 0 Å². The Morgan fingerprint density at radius 2 is 2.05 bits per heavy atom. The smallest absolute Gasteiger partial charge is 0.233 e. The average molecular weight is 313 g/mol. The fourth-order valence-electron chi connectivity index (χ4n) is 2.64. The van der Waals surface area contributed by atoms with Crippen LogP contribution in [0.5, 0.6) is 0 Å². The third-order valence-corrected chi connectivity index (χ3v) is 5.14. The summed E-state index contributed by atoms with van der Waals surface area (Å²) < 4.78 is 26.7. The van der Waals surface area contributed by atoms with Gasteiger partial charge in [0.25, 0.3) is 0 Å². The predicted octanol–water partition coefficient (Wildman–Crippen LogP) is 4.14. The second kappa shape index (κ2) is 7.25. The van der Waals surface area contributed by atoms with Crippen molar-refractivity contribution in [3.63, 3.8) is 0 Å². The summed E-state index contributed by atoms with van der Waals surface area (Å²) in [6.07, 6.45) is 4.48. The summed E-state index contributed by atoms with van der Waals surface area (Å²) in [7, 11) is 0. The van der Waals surface area contributed by atoms with Crippen LogP contribution in [0.25, 0.3) is 0 Å². The SMILES string of the molecule is C[C@@H](Sc1cc(F)ccc1F)C(=O)N[C@@H]1CCCC[C@@H]1C. The van der Waals surface area contributed by atoms with E-state index in [0.717, 1.165) is 49.2 Å². The number of rotatable bonds is 4. The summed E-state index contributed by atoms with van der Waals surface area (Å²) in [5.74, 6) is -0.618. The van der Waals surface area contributed by atoms with Crippen LogP contribution in [-0.2, 0) is 4.79 Å². The lowest BCUT2D eigenvalue weighted by Gasteiger charge is -2.30. The maximum atomic E-state index is 13.6. The molecule has 1 aliphatic carbocycles. The molecule has 21 heavy (non-hydrogen) atoms. The molecule has 2 rings (SSSR count). The minimum Gasteiger partial charge on any atom is -0.352 e. The van der Waals surface area contributed by atoms with Gasteiger partial charge in [-0.3, -0.25) is 4.79 Å². The highest BCUT2D eigenvalue weighted by molar-refractivity contribution is 8.00. The van der Waals surface area contributed by atoms with Gasteiger partial charge in [0.15, 0.2) is 0 Å². The molecular formula is C16H21F2NOS. The Morgan fingerprint density at radius 1 is 1.33 bits per heavy atom. The number of hydrogen-bond acceptors (Lipinski definition) is 2. The first-order chi connectivity index (χ1) is 9.97. The molecule has 0 spiro atoms. The van der Waals surface area contributed by atoms with E-state index < -0.39 is 16.9 Å². The van der Waals surface area contributed by atoms with E-state index in [0.29, 0.717) is 5.92 Å². The maximum Gasteiger partial charge on any atom is 0.233 e. The molecule has 0 aliphatic heterocycles. The van der Waals surface area contributed by atoms with Gasteiger partial charge < -0.3 is 5.32 Å². The Balaban J connectivity index is 1.94. The van der Waals surface area contributed by atoms with Gasteiger partial charge in [-0.2, -0.15) is 0 Å². The zero-order valence-corrected chi connectivity index (χ0v) is 13.2. The van der Waals surface area contributed by atoms with Gasteiger partial charge in [-0.15, -0.1) is 11.8 Å². The topological polar surface area (TPSA) is 29.1 Å². The molecule has 1 amide bonds. The van der Waals surface area contributed by atoms with Crippen LogP contribution < -0.4 is 5.32 Å². The van der Waals surface area contributed by atoms with Crippen LogP contribution in [0, 0.1) is 17.6 Å².